The lowest BCUT2D eigenvalue weighted by Gasteiger charge is -2.20. The normalized spacial score (nSPS) is 12.0. The molecular weight excluding hydrogens is 254 g/mol. The van der Waals surface area contributed by atoms with E-state index in [-0.39, 0.29) is 5.54 Å². The van der Waals surface area contributed by atoms with Gasteiger partial charge in [-0.25, -0.2) is 0 Å². The number of hydrogen-bond acceptors (Lipinski definition) is 3. The maximum absolute atomic E-state index is 4.43. The molecular formula is C15H23N3S. The van der Waals surface area contributed by atoms with Crippen LogP contribution in [0.4, 0.5) is 0 Å². The van der Waals surface area contributed by atoms with Gasteiger partial charge in [-0.2, -0.15) is 5.10 Å². The van der Waals surface area contributed by atoms with E-state index < -0.39 is 0 Å². The fourth-order valence-electron chi connectivity index (χ4n) is 1.85. The third kappa shape index (κ3) is 4.18. The SMILES string of the molecule is CCc1ccc(Cn2nccc2CNC(C)(C)C)s1. The maximum Gasteiger partial charge on any atom is 0.0756 e. The standard InChI is InChI=1S/C15H23N3S/c1-5-13-6-7-14(19-13)11-18-12(8-9-17-18)10-16-15(2,3)4/h6-9,16H,5,10-11H2,1-4H3. The molecule has 4 heteroatoms. The summed E-state index contributed by atoms with van der Waals surface area (Å²) in [5.74, 6) is 0. The molecule has 0 spiro atoms. The van der Waals surface area contributed by atoms with Crippen LogP contribution >= 0.6 is 11.3 Å². The summed E-state index contributed by atoms with van der Waals surface area (Å²) in [7, 11) is 0. The number of aryl methyl sites for hydroxylation is 1. The summed E-state index contributed by atoms with van der Waals surface area (Å²) in [6.07, 6.45) is 3.00. The highest BCUT2D eigenvalue weighted by Crippen LogP contribution is 2.18. The molecule has 0 fully saturated rings. The maximum atomic E-state index is 4.43. The van der Waals surface area contributed by atoms with Crippen LogP contribution in [0.5, 0.6) is 0 Å². The molecule has 0 aliphatic heterocycles. The molecule has 2 aromatic heterocycles. The zero-order valence-corrected chi connectivity index (χ0v) is 13.0. The first-order valence-corrected chi connectivity index (χ1v) is 7.63. The number of thiophene rings is 1. The largest absolute Gasteiger partial charge is 0.306 e. The molecule has 0 saturated carbocycles. The third-order valence-electron chi connectivity index (χ3n) is 2.98. The Morgan fingerprint density at radius 1 is 1.21 bits per heavy atom. The second kappa shape index (κ2) is 5.88. The minimum Gasteiger partial charge on any atom is -0.306 e. The van der Waals surface area contributed by atoms with Gasteiger partial charge < -0.3 is 5.32 Å². The highest BCUT2D eigenvalue weighted by atomic mass is 32.1. The van der Waals surface area contributed by atoms with Crippen molar-refractivity contribution >= 4 is 11.3 Å². The van der Waals surface area contributed by atoms with E-state index in [1.165, 1.54) is 15.4 Å². The van der Waals surface area contributed by atoms with Crippen molar-refractivity contribution in [3.8, 4) is 0 Å². The fourth-order valence-corrected chi connectivity index (χ4v) is 2.79. The van der Waals surface area contributed by atoms with Crippen LogP contribution in [0.3, 0.4) is 0 Å². The summed E-state index contributed by atoms with van der Waals surface area (Å²) in [6, 6.07) is 6.52. The molecule has 1 N–H and O–H groups in total. The Kier molecular flexibility index (Phi) is 4.42. The smallest absolute Gasteiger partial charge is 0.0756 e. The molecule has 0 aromatic carbocycles. The molecule has 0 aliphatic carbocycles. The van der Waals surface area contributed by atoms with Gasteiger partial charge in [-0.3, -0.25) is 4.68 Å². The van der Waals surface area contributed by atoms with Gasteiger partial charge in [0.1, 0.15) is 0 Å². The summed E-state index contributed by atoms with van der Waals surface area (Å²) in [5.41, 5.74) is 1.37. The van der Waals surface area contributed by atoms with Crippen molar-refractivity contribution in [1.29, 1.82) is 0 Å². The number of nitrogens with one attached hydrogen (secondary N) is 1. The quantitative estimate of drug-likeness (QED) is 0.907. The molecule has 0 atom stereocenters. The van der Waals surface area contributed by atoms with Crippen LogP contribution in [0.15, 0.2) is 24.4 Å². The van der Waals surface area contributed by atoms with Crippen molar-refractivity contribution in [3.63, 3.8) is 0 Å². The molecule has 0 radical (unpaired) electrons. The second-order valence-corrected chi connectivity index (χ2v) is 7.06. The first kappa shape index (κ1) is 14.3. The summed E-state index contributed by atoms with van der Waals surface area (Å²) in [6.45, 7) is 10.5. The van der Waals surface area contributed by atoms with Gasteiger partial charge in [-0.15, -0.1) is 11.3 Å². The van der Waals surface area contributed by atoms with Gasteiger partial charge in [0.05, 0.1) is 12.2 Å². The molecule has 104 valence electrons. The van der Waals surface area contributed by atoms with Crippen LogP contribution in [0.25, 0.3) is 0 Å². The molecule has 2 rings (SSSR count). The van der Waals surface area contributed by atoms with E-state index in [0.717, 1.165) is 19.5 Å². The molecule has 0 bridgehead atoms. The average molecular weight is 277 g/mol. The van der Waals surface area contributed by atoms with Crippen molar-refractivity contribution in [2.24, 2.45) is 0 Å². The fraction of sp³-hybridized carbons (Fsp3) is 0.533. The van der Waals surface area contributed by atoms with E-state index in [9.17, 15) is 0 Å². The van der Waals surface area contributed by atoms with E-state index in [1.54, 1.807) is 0 Å². The monoisotopic (exact) mass is 277 g/mol. The highest BCUT2D eigenvalue weighted by molar-refractivity contribution is 7.11. The Balaban J connectivity index is 2.03. The van der Waals surface area contributed by atoms with Crippen molar-refractivity contribution in [3.05, 3.63) is 39.8 Å². The van der Waals surface area contributed by atoms with Crippen LogP contribution in [0.2, 0.25) is 0 Å². The molecule has 2 aromatic rings. The van der Waals surface area contributed by atoms with Crippen molar-refractivity contribution in [2.75, 3.05) is 0 Å². The predicted octanol–water partition coefficient (Wildman–Crippen LogP) is 3.44. The Hall–Kier alpha value is -1.13. The number of hydrogen-bond donors (Lipinski definition) is 1. The van der Waals surface area contributed by atoms with Gasteiger partial charge in [-0.1, -0.05) is 6.92 Å². The van der Waals surface area contributed by atoms with Crippen LogP contribution in [0, 0.1) is 0 Å². The molecule has 0 aliphatic rings. The van der Waals surface area contributed by atoms with Crippen LogP contribution in [-0.4, -0.2) is 15.3 Å². The highest BCUT2D eigenvalue weighted by Gasteiger charge is 2.11. The molecule has 0 unspecified atom stereocenters. The summed E-state index contributed by atoms with van der Waals surface area (Å²) in [5, 5.41) is 7.94. The predicted molar refractivity (Wildman–Crippen MR) is 81.6 cm³/mol. The molecule has 0 amide bonds. The zero-order chi connectivity index (χ0) is 13.9. The summed E-state index contributed by atoms with van der Waals surface area (Å²) in [4.78, 5) is 2.81. The van der Waals surface area contributed by atoms with E-state index in [1.807, 2.05) is 17.5 Å². The molecule has 3 nitrogen and oxygen atoms in total. The zero-order valence-electron chi connectivity index (χ0n) is 12.2. The Morgan fingerprint density at radius 2 is 1.95 bits per heavy atom. The summed E-state index contributed by atoms with van der Waals surface area (Å²) >= 11 is 1.88. The number of aromatic nitrogens is 2. The second-order valence-electron chi connectivity index (χ2n) is 5.81. The van der Waals surface area contributed by atoms with Crippen molar-refractivity contribution in [2.45, 2.75) is 52.7 Å². The Bertz CT molecular complexity index is 519. The number of nitrogens with zero attached hydrogens (tertiary/aromatic N) is 2. The van der Waals surface area contributed by atoms with E-state index >= 15 is 0 Å². The molecule has 19 heavy (non-hydrogen) atoms. The van der Waals surface area contributed by atoms with Crippen LogP contribution in [0.1, 0.15) is 43.1 Å². The van der Waals surface area contributed by atoms with Gasteiger partial charge in [0.2, 0.25) is 0 Å². The van der Waals surface area contributed by atoms with E-state index in [0.29, 0.717) is 0 Å². The average Bonchev–Trinajstić information content (AvgIpc) is 2.95. The van der Waals surface area contributed by atoms with E-state index in [2.05, 4.69) is 61.0 Å². The lowest BCUT2D eigenvalue weighted by Crippen LogP contribution is -2.35. The van der Waals surface area contributed by atoms with E-state index in [4.69, 9.17) is 0 Å². The minimum absolute atomic E-state index is 0.132. The topological polar surface area (TPSA) is 29.9 Å². The van der Waals surface area contributed by atoms with Gasteiger partial charge in [0, 0.05) is 28.0 Å². The Labute approximate surface area is 119 Å². The summed E-state index contributed by atoms with van der Waals surface area (Å²) < 4.78 is 2.09. The van der Waals surface area contributed by atoms with Crippen LogP contribution < -0.4 is 5.32 Å². The van der Waals surface area contributed by atoms with Gasteiger partial charge in [0.25, 0.3) is 0 Å². The van der Waals surface area contributed by atoms with Crippen LogP contribution in [-0.2, 0) is 19.5 Å². The van der Waals surface area contributed by atoms with Crippen molar-refractivity contribution in [1.82, 2.24) is 15.1 Å². The lowest BCUT2D eigenvalue weighted by molar-refractivity contribution is 0.414. The molecule has 2 heterocycles. The first-order valence-electron chi connectivity index (χ1n) is 6.81. The third-order valence-corrected chi connectivity index (χ3v) is 4.19. The van der Waals surface area contributed by atoms with Gasteiger partial charge in [-0.05, 0) is 45.4 Å². The van der Waals surface area contributed by atoms with Gasteiger partial charge >= 0.3 is 0 Å². The molecule has 0 saturated heterocycles. The number of rotatable bonds is 5. The van der Waals surface area contributed by atoms with Crippen molar-refractivity contribution < 1.29 is 0 Å². The van der Waals surface area contributed by atoms with Gasteiger partial charge in [0.15, 0.2) is 0 Å². The minimum atomic E-state index is 0.132. The first-order chi connectivity index (χ1) is 8.98. The lowest BCUT2D eigenvalue weighted by atomic mass is 10.1. The Morgan fingerprint density at radius 3 is 2.58 bits per heavy atom.